The summed E-state index contributed by atoms with van der Waals surface area (Å²) >= 11 is 0. The minimum absolute atomic E-state index is 0.169. The number of phenolic OH excluding ortho intramolecular Hbond substituents is 3. The third-order valence-corrected chi connectivity index (χ3v) is 2.91. The summed E-state index contributed by atoms with van der Waals surface area (Å²) in [5.74, 6) is 1.84. The molecule has 3 rings (SSSR count). The molecule has 120 valence electrons. The highest BCUT2D eigenvalue weighted by molar-refractivity contribution is 5.38. The smallest absolute Gasteiger partial charge is 0.127 e. The lowest BCUT2D eigenvalue weighted by atomic mass is 10.2. The Kier molecular flexibility index (Phi) is 5.65. The fraction of sp³-hybridized carbons (Fsp3) is 0. The van der Waals surface area contributed by atoms with Gasteiger partial charge in [-0.2, -0.15) is 5.26 Å². The van der Waals surface area contributed by atoms with Crippen LogP contribution in [0.2, 0.25) is 0 Å². The van der Waals surface area contributed by atoms with Crippen LogP contribution in [-0.2, 0) is 0 Å². The second-order valence-corrected chi connectivity index (χ2v) is 4.75. The lowest BCUT2D eigenvalue weighted by Crippen LogP contribution is -1.83. The minimum Gasteiger partial charge on any atom is -0.508 e. The molecular weight excluding hydrogens is 306 g/mol. The van der Waals surface area contributed by atoms with E-state index in [0.717, 1.165) is 0 Å². The van der Waals surface area contributed by atoms with Gasteiger partial charge in [-0.1, -0.05) is 0 Å². The first-order chi connectivity index (χ1) is 11.6. The molecule has 0 aliphatic carbocycles. The number of rotatable bonds is 2. The second-order valence-electron chi connectivity index (χ2n) is 4.75. The van der Waals surface area contributed by atoms with E-state index in [1.54, 1.807) is 48.5 Å². The van der Waals surface area contributed by atoms with Crippen molar-refractivity contribution in [3.8, 4) is 34.8 Å². The van der Waals surface area contributed by atoms with Gasteiger partial charge in [-0.25, -0.2) is 0 Å². The van der Waals surface area contributed by atoms with Crippen molar-refractivity contribution in [2.24, 2.45) is 0 Å². The molecule has 0 saturated carbocycles. The van der Waals surface area contributed by atoms with Gasteiger partial charge in [-0.05, 0) is 72.8 Å². The maximum atomic E-state index is 9.10. The third kappa shape index (κ3) is 5.28. The van der Waals surface area contributed by atoms with E-state index in [-0.39, 0.29) is 17.2 Å². The van der Waals surface area contributed by atoms with Gasteiger partial charge in [0, 0.05) is 0 Å². The molecule has 24 heavy (non-hydrogen) atoms. The molecule has 0 heterocycles. The first-order valence-electron chi connectivity index (χ1n) is 7.02. The van der Waals surface area contributed by atoms with Gasteiger partial charge in [0.2, 0.25) is 0 Å². The first kappa shape index (κ1) is 16.7. The molecule has 3 aromatic rings. The Labute approximate surface area is 139 Å². The zero-order valence-corrected chi connectivity index (χ0v) is 12.6. The van der Waals surface area contributed by atoms with Gasteiger partial charge >= 0.3 is 0 Å². The number of phenols is 3. The van der Waals surface area contributed by atoms with E-state index in [1.807, 2.05) is 6.07 Å². The normalized spacial score (nSPS) is 9.29. The van der Waals surface area contributed by atoms with Crippen molar-refractivity contribution in [1.29, 1.82) is 5.26 Å². The molecule has 0 aliphatic heterocycles. The molecule has 0 spiro atoms. The number of hydrogen-bond donors (Lipinski definition) is 3. The molecule has 0 bridgehead atoms. The van der Waals surface area contributed by atoms with Crippen molar-refractivity contribution in [2.75, 3.05) is 0 Å². The Balaban J connectivity index is 0.000000219. The second kappa shape index (κ2) is 8.11. The molecule has 5 heteroatoms. The number of ether oxygens (including phenoxy) is 1. The largest absolute Gasteiger partial charge is 0.508 e. The maximum absolute atomic E-state index is 9.10. The van der Waals surface area contributed by atoms with Gasteiger partial charge in [0.1, 0.15) is 28.7 Å². The number of benzene rings is 3. The van der Waals surface area contributed by atoms with Gasteiger partial charge in [0.25, 0.3) is 0 Å². The summed E-state index contributed by atoms with van der Waals surface area (Å²) in [5, 5.41) is 35.0. The van der Waals surface area contributed by atoms with Gasteiger partial charge in [-0.15, -0.1) is 0 Å². The van der Waals surface area contributed by atoms with Crippen LogP contribution in [-0.4, -0.2) is 15.3 Å². The molecular formula is C19H15NO4. The Bertz CT molecular complexity index is 783. The number of nitriles is 1. The third-order valence-electron chi connectivity index (χ3n) is 2.91. The summed E-state index contributed by atoms with van der Waals surface area (Å²) in [4.78, 5) is 0. The zero-order chi connectivity index (χ0) is 17.4. The van der Waals surface area contributed by atoms with Crippen LogP contribution in [0, 0.1) is 11.3 Å². The monoisotopic (exact) mass is 321 g/mol. The van der Waals surface area contributed by atoms with Gasteiger partial charge < -0.3 is 20.1 Å². The van der Waals surface area contributed by atoms with E-state index in [0.29, 0.717) is 17.1 Å². The van der Waals surface area contributed by atoms with Gasteiger partial charge in [0.05, 0.1) is 11.6 Å². The van der Waals surface area contributed by atoms with Crippen molar-refractivity contribution in [3.05, 3.63) is 78.4 Å². The number of hydrogen-bond acceptors (Lipinski definition) is 5. The zero-order valence-electron chi connectivity index (χ0n) is 12.6. The SMILES string of the molecule is N#Cc1ccc(Oc2ccc(O)cc2)cc1.Oc1ccc(O)cc1. The average molecular weight is 321 g/mol. The highest BCUT2D eigenvalue weighted by Gasteiger charge is 1.97. The van der Waals surface area contributed by atoms with Crippen LogP contribution in [0.15, 0.2) is 72.8 Å². The van der Waals surface area contributed by atoms with E-state index < -0.39 is 0 Å². The predicted octanol–water partition coefficient (Wildman–Crippen LogP) is 4.15. The van der Waals surface area contributed by atoms with Gasteiger partial charge in [0.15, 0.2) is 0 Å². The molecule has 3 aromatic carbocycles. The highest BCUT2D eigenvalue weighted by atomic mass is 16.5. The van der Waals surface area contributed by atoms with Crippen molar-refractivity contribution >= 4 is 0 Å². The molecule has 5 nitrogen and oxygen atoms in total. The van der Waals surface area contributed by atoms with E-state index in [1.165, 1.54) is 24.3 Å². The van der Waals surface area contributed by atoms with E-state index >= 15 is 0 Å². The summed E-state index contributed by atoms with van der Waals surface area (Å²) in [6.45, 7) is 0. The Morgan fingerprint density at radius 3 is 1.29 bits per heavy atom. The number of aromatic hydroxyl groups is 3. The van der Waals surface area contributed by atoms with Crippen LogP contribution in [0.4, 0.5) is 0 Å². The molecule has 0 amide bonds. The Morgan fingerprint density at radius 2 is 0.917 bits per heavy atom. The Morgan fingerprint density at radius 1 is 0.583 bits per heavy atom. The van der Waals surface area contributed by atoms with Crippen LogP contribution < -0.4 is 4.74 Å². The standard InChI is InChI=1S/C13H9NO2.C6H6O2/c14-9-10-1-5-12(6-2-10)16-13-7-3-11(15)4-8-13;7-5-1-2-6(8)4-3-5/h1-8,15H;1-4,7-8H. The fourth-order valence-electron chi connectivity index (χ4n) is 1.70. The Hall–Kier alpha value is -3.65. The molecule has 0 atom stereocenters. The van der Waals surface area contributed by atoms with Crippen LogP contribution >= 0.6 is 0 Å². The number of nitrogens with zero attached hydrogens (tertiary/aromatic N) is 1. The topological polar surface area (TPSA) is 93.7 Å². The molecule has 0 fully saturated rings. The van der Waals surface area contributed by atoms with Crippen LogP contribution in [0.5, 0.6) is 28.7 Å². The lowest BCUT2D eigenvalue weighted by Gasteiger charge is -2.05. The molecule has 0 unspecified atom stereocenters. The summed E-state index contributed by atoms with van der Waals surface area (Å²) in [6.07, 6.45) is 0. The minimum atomic E-state index is 0.169. The molecule has 0 aliphatic rings. The lowest BCUT2D eigenvalue weighted by molar-refractivity contribution is 0.460. The molecule has 0 radical (unpaired) electrons. The van der Waals surface area contributed by atoms with Crippen molar-refractivity contribution in [2.45, 2.75) is 0 Å². The predicted molar refractivity (Wildman–Crippen MR) is 89.1 cm³/mol. The molecule has 3 N–H and O–H groups in total. The van der Waals surface area contributed by atoms with Crippen molar-refractivity contribution in [1.82, 2.24) is 0 Å². The molecule has 0 aromatic heterocycles. The highest BCUT2D eigenvalue weighted by Crippen LogP contribution is 2.23. The maximum Gasteiger partial charge on any atom is 0.127 e. The molecule has 0 saturated heterocycles. The van der Waals surface area contributed by atoms with E-state index in [4.69, 9.17) is 25.3 Å². The fourth-order valence-corrected chi connectivity index (χ4v) is 1.70. The van der Waals surface area contributed by atoms with Crippen molar-refractivity contribution in [3.63, 3.8) is 0 Å². The summed E-state index contributed by atoms with van der Waals surface area (Å²) < 4.78 is 5.51. The van der Waals surface area contributed by atoms with E-state index in [2.05, 4.69) is 0 Å². The van der Waals surface area contributed by atoms with Crippen LogP contribution in [0.25, 0.3) is 0 Å². The first-order valence-corrected chi connectivity index (χ1v) is 7.02. The van der Waals surface area contributed by atoms with Crippen molar-refractivity contribution < 1.29 is 20.1 Å². The summed E-state index contributed by atoms with van der Waals surface area (Å²) in [6, 6.07) is 21.0. The summed E-state index contributed by atoms with van der Waals surface area (Å²) in [5.41, 5.74) is 0.595. The van der Waals surface area contributed by atoms with Crippen LogP contribution in [0.3, 0.4) is 0 Å². The van der Waals surface area contributed by atoms with Crippen LogP contribution in [0.1, 0.15) is 5.56 Å². The summed E-state index contributed by atoms with van der Waals surface area (Å²) in [7, 11) is 0. The van der Waals surface area contributed by atoms with Gasteiger partial charge in [-0.3, -0.25) is 0 Å². The average Bonchev–Trinajstić information content (AvgIpc) is 2.61. The quantitative estimate of drug-likeness (QED) is 0.616. The van der Waals surface area contributed by atoms with E-state index in [9.17, 15) is 0 Å².